The summed E-state index contributed by atoms with van der Waals surface area (Å²) in [5.41, 5.74) is -1.28. The van der Waals surface area contributed by atoms with Crippen molar-refractivity contribution >= 4 is 7.12 Å². The van der Waals surface area contributed by atoms with Gasteiger partial charge in [0.2, 0.25) is 0 Å². The maximum Gasteiger partial charge on any atom is 0.524 e. The molecule has 1 rings (SSSR count). The van der Waals surface area contributed by atoms with Gasteiger partial charge in [0.05, 0.1) is 11.2 Å². The summed E-state index contributed by atoms with van der Waals surface area (Å²) in [6.45, 7) is 9.22. The maximum absolute atomic E-state index is 13.1. The summed E-state index contributed by atoms with van der Waals surface area (Å²) in [7, 11) is -0.838. The molecule has 1 saturated heterocycles. The first-order valence-electron chi connectivity index (χ1n) is 4.47. The SMILES string of the molecule is CC=C(F)B1OC(C)(C)C(C)(C)O1. The summed E-state index contributed by atoms with van der Waals surface area (Å²) in [5.74, 6) is 0. The third-order valence-electron chi connectivity index (χ3n) is 2.75. The van der Waals surface area contributed by atoms with E-state index in [1.54, 1.807) is 6.92 Å². The third kappa shape index (κ3) is 1.79. The first kappa shape index (κ1) is 10.7. The van der Waals surface area contributed by atoms with Crippen molar-refractivity contribution in [1.82, 2.24) is 0 Å². The molecular formula is C9H16BFO2. The van der Waals surface area contributed by atoms with Crippen LogP contribution in [0.1, 0.15) is 34.6 Å². The Balaban J connectivity index is 2.82. The predicted octanol–water partition coefficient (Wildman–Crippen LogP) is 2.49. The van der Waals surface area contributed by atoms with Crippen molar-refractivity contribution in [3.63, 3.8) is 0 Å². The normalized spacial score (nSPS) is 26.6. The topological polar surface area (TPSA) is 18.5 Å². The summed E-state index contributed by atoms with van der Waals surface area (Å²) in [6.07, 6.45) is 1.36. The Morgan fingerprint density at radius 3 is 1.85 bits per heavy atom. The highest BCUT2D eigenvalue weighted by atomic mass is 19.1. The second-order valence-corrected chi connectivity index (χ2v) is 4.26. The molecule has 0 atom stereocenters. The van der Waals surface area contributed by atoms with Gasteiger partial charge in [0.1, 0.15) is 5.73 Å². The lowest BCUT2D eigenvalue weighted by Gasteiger charge is -2.32. The lowest BCUT2D eigenvalue weighted by Crippen LogP contribution is -2.41. The summed E-state index contributed by atoms with van der Waals surface area (Å²) in [5, 5.41) is 0. The molecule has 0 aromatic heterocycles. The number of halogens is 1. The molecular weight excluding hydrogens is 170 g/mol. The number of rotatable bonds is 1. The van der Waals surface area contributed by atoms with E-state index in [0.717, 1.165) is 0 Å². The Morgan fingerprint density at radius 1 is 1.15 bits per heavy atom. The lowest BCUT2D eigenvalue weighted by molar-refractivity contribution is 0.00578. The minimum atomic E-state index is -0.838. The van der Waals surface area contributed by atoms with Crippen molar-refractivity contribution in [2.45, 2.75) is 45.8 Å². The summed E-state index contributed by atoms with van der Waals surface area (Å²) in [4.78, 5) is 0. The van der Waals surface area contributed by atoms with Crippen LogP contribution < -0.4 is 0 Å². The van der Waals surface area contributed by atoms with Crippen molar-refractivity contribution in [1.29, 1.82) is 0 Å². The molecule has 1 fully saturated rings. The van der Waals surface area contributed by atoms with Gasteiger partial charge in [0.15, 0.2) is 0 Å². The Morgan fingerprint density at radius 2 is 1.54 bits per heavy atom. The molecule has 0 unspecified atom stereocenters. The molecule has 4 heteroatoms. The second-order valence-electron chi connectivity index (χ2n) is 4.26. The van der Waals surface area contributed by atoms with Gasteiger partial charge >= 0.3 is 7.12 Å². The lowest BCUT2D eigenvalue weighted by atomic mass is 9.88. The first-order chi connectivity index (χ1) is 5.80. The highest BCUT2D eigenvalue weighted by Gasteiger charge is 2.52. The molecule has 0 amide bonds. The maximum atomic E-state index is 13.1. The van der Waals surface area contributed by atoms with Crippen molar-refractivity contribution in [2.24, 2.45) is 0 Å². The highest BCUT2D eigenvalue weighted by Crippen LogP contribution is 2.38. The first-order valence-corrected chi connectivity index (χ1v) is 4.47. The van der Waals surface area contributed by atoms with Crippen LogP contribution in [0.5, 0.6) is 0 Å². The van der Waals surface area contributed by atoms with E-state index < -0.39 is 18.3 Å². The van der Waals surface area contributed by atoms with E-state index >= 15 is 0 Å². The Bertz CT molecular complexity index is 220. The average Bonchev–Trinajstić information content (AvgIpc) is 2.20. The van der Waals surface area contributed by atoms with Crippen molar-refractivity contribution in [3.05, 3.63) is 11.8 Å². The van der Waals surface area contributed by atoms with Gasteiger partial charge in [-0.3, -0.25) is 0 Å². The van der Waals surface area contributed by atoms with Crippen LogP contribution in [-0.2, 0) is 9.31 Å². The van der Waals surface area contributed by atoms with E-state index in [4.69, 9.17) is 9.31 Å². The molecule has 0 spiro atoms. The van der Waals surface area contributed by atoms with Crippen LogP contribution >= 0.6 is 0 Å². The molecule has 1 aliphatic heterocycles. The molecule has 2 nitrogen and oxygen atoms in total. The predicted molar refractivity (Wildman–Crippen MR) is 50.9 cm³/mol. The van der Waals surface area contributed by atoms with Gasteiger partial charge in [-0.2, -0.15) is 0 Å². The van der Waals surface area contributed by atoms with Gasteiger partial charge in [-0.05, 0) is 34.6 Å². The largest absolute Gasteiger partial charge is 0.524 e. The van der Waals surface area contributed by atoms with Crippen LogP contribution in [0.15, 0.2) is 11.8 Å². The zero-order chi connectivity index (χ0) is 10.3. The average molecular weight is 186 g/mol. The molecule has 0 radical (unpaired) electrons. The molecule has 1 aliphatic rings. The fourth-order valence-corrected chi connectivity index (χ4v) is 1.09. The van der Waals surface area contributed by atoms with Crippen LogP contribution in [0.2, 0.25) is 0 Å². The van der Waals surface area contributed by atoms with Crippen LogP contribution in [0, 0.1) is 0 Å². The van der Waals surface area contributed by atoms with E-state index in [0.29, 0.717) is 0 Å². The Hall–Kier alpha value is -0.345. The Kier molecular flexibility index (Phi) is 2.56. The molecule has 0 saturated carbocycles. The monoisotopic (exact) mass is 186 g/mol. The zero-order valence-corrected chi connectivity index (χ0v) is 8.85. The molecule has 0 N–H and O–H groups in total. The number of hydrogen-bond acceptors (Lipinski definition) is 2. The van der Waals surface area contributed by atoms with E-state index in [2.05, 4.69) is 0 Å². The van der Waals surface area contributed by atoms with E-state index in [1.807, 2.05) is 27.7 Å². The van der Waals surface area contributed by atoms with Crippen LogP contribution in [-0.4, -0.2) is 18.3 Å². The van der Waals surface area contributed by atoms with Crippen molar-refractivity contribution in [2.75, 3.05) is 0 Å². The summed E-state index contributed by atoms with van der Waals surface area (Å²) >= 11 is 0. The second kappa shape index (κ2) is 3.10. The number of hydrogen-bond donors (Lipinski definition) is 0. The molecule has 0 aromatic carbocycles. The van der Waals surface area contributed by atoms with Gasteiger partial charge in [0.25, 0.3) is 0 Å². The van der Waals surface area contributed by atoms with E-state index in [-0.39, 0.29) is 5.73 Å². The van der Waals surface area contributed by atoms with Crippen LogP contribution in [0.4, 0.5) is 4.39 Å². The molecule has 13 heavy (non-hydrogen) atoms. The Labute approximate surface area is 79.2 Å². The van der Waals surface area contributed by atoms with Crippen molar-refractivity contribution in [3.8, 4) is 0 Å². The van der Waals surface area contributed by atoms with E-state index in [9.17, 15) is 4.39 Å². The molecule has 0 aliphatic carbocycles. The van der Waals surface area contributed by atoms with Crippen molar-refractivity contribution < 1.29 is 13.7 Å². The van der Waals surface area contributed by atoms with Crippen LogP contribution in [0.25, 0.3) is 0 Å². The summed E-state index contributed by atoms with van der Waals surface area (Å²) in [6, 6.07) is 0. The van der Waals surface area contributed by atoms with Gasteiger partial charge in [-0.25, -0.2) is 4.39 Å². The fourth-order valence-electron chi connectivity index (χ4n) is 1.09. The summed E-state index contributed by atoms with van der Waals surface area (Å²) < 4.78 is 24.0. The van der Waals surface area contributed by atoms with Gasteiger partial charge in [-0.15, -0.1) is 0 Å². The molecule has 0 aromatic rings. The van der Waals surface area contributed by atoms with E-state index in [1.165, 1.54) is 6.08 Å². The smallest absolute Gasteiger partial charge is 0.398 e. The zero-order valence-electron chi connectivity index (χ0n) is 8.85. The molecule has 0 bridgehead atoms. The molecule has 74 valence electrons. The standard InChI is InChI=1S/C9H16BFO2/c1-6-7(11)10-12-8(2,3)9(4,5)13-10/h6H,1-5H3. The minimum Gasteiger partial charge on any atom is -0.398 e. The quantitative estimate of drug-likeness (QED) is 0.585. The third-order valence-corrected chi connectivity index (χ3v) is 2.75. The molecule has 1 heterocycles. The van der Waals surface area contributed by atoms with Crippen LogP contribution in [0.3, 0.4) is 0 Å². The number of allylic oxidation sites excluding steroid dienone is 1. The van der Waals surface area contributed by atoms with Gasteiger partial charge in [-0.1, -0.05) is 6.08 Å². The minimum absolute atomic E-state index is 0.362. The fraction of sp³-hybridized carbons (Fsp3) is 0.778. The van der Waals surface area contributed by atoms with Gasteiger partial charge < -0.3 is 9.31 Å². The highest BCUT2D eigenvalue weighted by molar-refractivity contribution is 6.53. The van der Waals surface area contributed by atoms with Gasteiger partial charge in [0, 0.05) is 0 Å².